The predicted molar refractivity (Wildman–Crippen MR) is 107 cm³/mol. The number of carbonyl (C=O) groups is 1. The molecule has 0 saturated carbocycles. The van der Waals surface area contributed by atoms with Crippen LogP contribution in [0.1, 0.15) is 15.9 Å². The van der Waals surface area contributed by atoms with E-state index in [4.69, 9.17) is 14.7 Å². The van der Waals surface area contributed by atoms with E-state index in [1.54, 1.807) is 48.7 Å². The smallest absolute Gasteiger partial charge is 0.257 e. The van der Waals surface area contributed by atoms with Gasteiger partial charge >= 0.3 is 0 Å². The number of carbonyl (C=O) groups excluding carboxylic acids is 1. The second kappa shape index (κ2) is 9.53. The number of rotatable bonds is 7. The summed E-state index contributed by atoms with van der Waals surface area (Å²) in [6.07, 6.45) is 1.57. The Kier molecular flexibility index (Phi) is 6.60. The first-order valence-electron chi connectivity index (χ1n) is 8.41. The van der Waals surface area contributed by atoms with Crippen LogP contribution in [0, 0.1) is 11.3 Å². The van der Waals surface area contributed by atoms with E-state index < -0.39 is 0 Å². The van der Waals surface area contributed by atoms with E-state index in [1.165, 1.54) is 0 Å². The Morgan fingerprint density at radius 2 is 1.93 bits per heavy atom. The maximum absolute atomic E-state index is 12.6. The van der Waals surface area contributed by atoms with E-state index in [1.807, 2.05) is 24.3 Å². The molecule has 1 N–H and O–H groups in total. The number of ether oxygens (including phenoxy) is 2. The quantitative estimate of drug-likeness (QED) is 0.589. The van der Waals surface area contributed by atoms with E-state index in [9.17, 15) is 4.79 Å². The van der Waals surface area contributed by atoms with Crippen LogP contribution in [-0.2, 0) is 6.54 Å². The van der Waals surface area contributed by atoms with Crippen molar-refractivity contribution in [3.63, 3.8) is 0 Å². The van der Waals surface area contributed by atoms with Crippen LogP contribution in [0.4, 0.5) is 0 Å². The van der Waals surface area contributed by atoms with Gasteiger partial charge in [0.05, 0.1) is 0 Å². The second-order valence-corrected chi connectivity index (χ2v) is 6.60. The van der Waals surface area contributed by atoms with Crippen LogP contribution in [0.25, 0.3) is 0 Å². The fourth-order valence-corrected chi connectivity index (χ4v) is 2.66. The minimum absolute atomic E-state index is 0.0255. The molecule has 0 unspecified atom stereocenters. The van der Waals surface area contributed by atoms with Gasteiger partial charge in [-0.25, -0.2) is 4.98 Å². The number of nitriles is 1. The van der Waals surface area contributed by atoms with Gasteiger partial charge in [-0.15, -0.1) is 0 Å². The Morgan fingerprint density at radius 1 is 1.11 bits per heavy atom. The van der Waals surface area contributed by atoms with E-state index in [0.29, 0.717) is 23.6 Å². The van der Waals surface area contributed by atoms with Crippen LogP contribution in [0.2, 0.25) is 0 Å². The van der Waals surface area contributed by atoms with Gasteiger partial charge < -0.3 is 14.8 Å². The zero-order valence-corrected chi connectivity index (χ0v) is 16.3. The summed E-state index contributed by atoms with van der Waals surface area (Å²) in [4.78, 5) is 16.8. The van der Waals surface area contributed by atoms with Gasteiger partial charge in [0.15, 0.2) is 6.61 Å². The molecule has 6 nitrogen and oxygen atoms in total. The minimum atomic E-state index is -0.302. The number of hydrogen-bond donors (Lipinski definition) is 1. The lowest BCUT2D eigenvalue weighted by molar-refractivity contribution is 0.0948. The first-order chi connectivity index (χ1) is 13.7. The monoisotopic (exact) mass is 437 g/mol. The van der Waals surface area contributed by atoms with Crippen molar-refractivity contribution < 1.29 is 14.3 Å². The summed E-state index contributed by atoms with van der Waals surface area (Å²) in [6.45, 7) is 0.275. The first-order valence-corrected chi connectivity index (χ1v) is 9.20. The van der Waals surface area contributed by atoms with Gasteiger partial charge in [-0.1, -0.05) is 28.1 Å². The van der Waals surface area contributed by atoms with Crippen molar-refractivity contribution in [1.29, 1.82) is 5.26 Å². The lowest BCUT2D eigenvalue weighted by atomic mass is 10.2. The number of amides is 1. The van der Waals surface area contributed by atoms with E-state index in [0.717, 1.165) is 10.0 Å². The summed E-state index contributed by atoms with van der Waals surface area (Å²) in [7, 11) is 0. The number of nitrogens with zero attached hydrogens (tertiary/aromatic N) is 2. The molecule has 28 heavy (non-hydrogen) atoms. The molecule has 0 atom stereocenters. The molecule has 0 aliphatic heterocycles. The molecule has 0 aliphatic rings. The van der Waals surface area contributed by atoms with Crippen molar-refractivity contribution in [2.75, 3.05) is 6.61 Å². The largest absolute Gasteiger partial charge is 0.479 e. The number of aromatic nitrogens is 1. The van der Waals surface area contributed by atoms with Gasteiger partial charge in [0.1, 0.15) is 23.1 Å². The Balaban J connectivity index is 1.68. The van der Waals surface area contributed by atoms with Crippen LogP contribution in [0.5, 0.6) is 17.4 Å². The summed E-state index contributed by atoms with van der Waals surface area (Å²) in [5.41, 5.74) is 1.19. The van der Waals surface area contributed by atoms with Crippen molar-refractivity contribution in [1.82, 2.24) is 10.3 Å². The third kappa shape index (κ3) is 5.32. The zero-order valence-electron chi connectivity index (χ0n) is 14.8. The highest BCUT2D eigenvalue weighted by Gasteiger charge is 2.14. The van der Waals surface area contributed by atoms with E-state index >= 15 is 0 Å². The molecule has 1 amide bonds. The molecule has 0 radical (unpaired) electrons. The number of nitrogens with one attached hydrogen (secondary N) is 1. The molecule has 0 spiro atoms. The number of pyridine rings is 1. The molecule has 0 fully saturated rings. The lowest BCUT2D eigenvalue weighted by Crippen LogP contribution is -2.23. The fourth-order valence-electron chi connectivity index (χ4n) is 2.40. The molecule has 0 bridgehead atoms. The van der Waals surface area contributed by atoms with Gasteiger partial charge in [-0.3, -0.25) is 4.79 Å². The average molecular weight is 438 g/mol. The molecule has 3 rings (SSSR count). The maximum atomic E-state index is 12.6. The number of benzene rings is 2. The predicted octanol–water partition coefficient (Wildman–Crippen LogP) is 4.47. The zero-order chi connectivity index (χ0) is 19.8. The van der Waals surface area contributed by atoms with Crippen LogP contribution in [0.15, 0.2) is 71.3 Å². The standard InChI is InChI=1S/C21H16BrN3O3/c22-16-6-8-17(9-7-16)28-21-19(5-2-11-24-21)20(26)25-14-15-3-1-4-18(13-15)27-12-10-23/h1-9,11,13H,12,14H2,(H,25,26). The Bertz CT molecular complexity index is 1000. The topological polar surface area (TPSA) is 84.2 Å². The summed E-state index contributed by atoms with van der Waals surface area (Å²) >= 11 is 3.37. The summed E-state index contributed by atoms with van der Waals surface area (Å²) < 4.78 is 12.0. The van der Waals surface area contributed by atoms with Crippen LogP contribution < -0.4 is 14.8 Å². The van der Waals surface area contributed by atoms with Crippen molar-refractivity contribution >= 4 is 21.8 Å². The molecule has 7 heteroatoms. The second-order valence-electron chi connectivity index (χ2n) is 5.69. The van der Waals surface area contributed by atoms with Gasteiger partial charge in [-0.2, -0.15) is 5.26 Å². The number of halogens is 1. The fraction of sp³-hybridized carbons (Fsp3) is 0.0952. The average Bonchev–Trinajstić information content (AvgIpc) is 2.73. The third-order valence-corrected chi connectivity index (χ3v) is 4.23. The van der Waals surface area contributed by atoms with Gasteiger partial charge in [0.25, 0.3) is 5.91 Å². The Hall–Kier alpha value is -3.37. The Morgan fingerprint density at radius 3 is 2.71 bits per heavy atom. The van der Waals surface area contributed by atoms with Gasteiger partial charge in [0, 0.05) is 17.2 Å². The van der Waals surface area contributed by atoms with Crippen LogP contribution >= 0.6 is 15.9 Å². The lowest BCUT2D eigenvalue weighted by Gasteiger charge is -2.11. The highest BCUT2D eigenvalue weighted by molar-refractivity contribution is 9.10. The van der Waals surface area contributed by atoms with Crippen molar-refractivity contribution in [2.45, 2.75) is 6.54 Å². The van der Waals surface area contributed by atoms with Gasteiger partial charge in [-0.05, 0) is 54.1 Å². The minimum Gasteiger partial charge on any atom is -0.479 e. The molecule has 3 aromatic rings. The summed E-state index contributed by atoms with van der Waals surface area (Å²) in [5, 5.41) is 11.4. The van der Waals surface area contributed by atoms with Crippen molar-refractivity contribution in [3.8, 4) is 23.4 Å². The maximum Gasteiger partial charge on any atom is 0.257 e. The molecular formula is C21H16BrN3O3. The van der Waals surface area contributed by atoms with E-state index in [-0.39, 0.29) is 18.4 Å². The van der Waals surface area contributed by atoms with E-state index in [2.05, 4.69) is 26.2 Å². The highest BCUT2D eigenvalue weighted by Crippen LogP contribution is 2.24. The molecular weight excluding hydrogens is 422 g/mol. The molecule has 0 aliphatic carbocycles. The molecule has 2 aromatic carbocycles. The Labute approximate surface area is 170 Å². The molecule has 0 saturated heterocycles. The van der Waals surface area contributed by atoms with Crippen molar-refractivity contribution in [3.05, 3.63) is 82.5 Å². The first kappa shape index (κ1) is 19.4. The van der Waals surface area contributed by atoms with Crippen LogP contribution in [0.3, 0.4) is 0 Å². The SMILES string of the molecule is N#CCOc1cccc(CNC(=O)c2cccnc2Oc2ccc(Br)cc2)c1. The molecule has 1 heterocycles. The summed E-state index contributed by atoms with van der Waals surface area (Å²) in [5.74, 6) is 1.09. The summed E-state index contributed by atoms with van der Waals surface area (Å²) in [6, 6.07) is 19.7. The molecule has 140 valence electrons. The van der Waals surface area contributed by atoms with Gasteiger partial charge in [0.2, 0.25) is 5.88 Å². The van der Waals surface area contributed by atoms with Crippen molar-refractivity contribution in [2.24, 2.45) is 0 Å². The normalized spacial score (nSPS) is 10.0. The molecule has 1 aromatic heterocycles. The van der Waals surface area contributed by atoms with Crippen LogP contribution in [-0.4, -0.2) is 17.5 Å². The third-order valence-electron chi connectivity index (χ3n) is 3.70. The number of hydrogen-bond acceptors (Lipinski definition) is 5. The highest BCUT2D eigenvalue weighted by atomic mass is 79.9.